The monoisotopic (exact) mass is 453 g/mol. The van der Waals surface area contributed by atoms with Crippen LogP contribution in [-0.4, -0.2) is 83.6 Å². The minimum Gasteiger partial charge on any atom is -0.477 e. The van der Waals surface area contributed by atoms with Crippen LogP contribution in [0.5, 0.6) is 0 Å². The number of thioether (sulfide) groups is 1. The number of ether oxygens (including phenoxy) is 2. The maximum atomic E-state index is 12.8. The molecule has 0 spiro atoms. The Morgan fingerprint density at radius 3 is 2.77 bits per heavy atom. The van der Waals surface area contributed by atoms with E-state index in [-0.39, 0.29) is 41.0 Å². The molecule has 0 unspecified atom stereocenters. The van der Waals surface area contributed by atoms with Crippen LogP contribution < -0.4 is 10.6 Å². The van der Waals surface area contributed by atoms with Gasteiger partial charge in [-0.3, -0.25) is 9.59 Å². The number of carboxylic acid groups (broad SMARTS) is 1. The number of aliphatic carboxylic acids is 1. The molecule has 0 aromatic heterocycles. The van der Waals surface area contributed by atoms with Gasteiger partial charge in [0.25, 0.3) is 0 Å². The molecule has 31 heavy (non-hydrogen) atoms. The first kappa shape index (κ1) is 22.6. The van der Waals surface area contributed by atoms with Gasteiger partial charge in [-0.15, -0.1) is 11.8 Å². The van der Waals surface area contributed by atoms with E-state index in [4.69, 9.17) is 9.47 Å². The fourth-order valence-corrected chi connectivity index (χ4v) is 6.72. The number of fused-ring (bicyclic) bond motifs is 1. The van der Waals surface area contributed by atoms with Gasteiger partial charge in [0.05, 0.1) is 24.7 Å². The molecule has 0 radical (unpaired) electrons. The van der Waals surface area contributed by atoms with Crippen molar-refractivity contribution in [3.63, 3.8) is 0 Å². The van der Waals surface area contributed by atoms with Crippen molar-refractivity contribution >= 4 is 29.6 Å². The number of carboxylic acids is 1. The van der Waals surface area contributed by atoms with Crippen molar-refractivity contribution in [3.05, 3.63) is 10.6 Å². The quantitative estimate of drug-likeness (QED) is 0.358. The second kappa shape index (κ2) is 9.09. The third kappa shape index (κ3) is 4.35. The van der Waals surface area contributed by atoms with Gasteiger partial charge in [0, 0.05) is 42.1 Å². The van der Waals surface area contributed by atoms with E-state index in [2.05, 4.69) is 10.6 Å². The maximum Gasteiger partial charge on any atom is 0.353 e. The Kier molecular flexibility index (Phi) is 6.62. The second-order valence-electron chi connectivity index (χ2n) is 8.87. The van der Waals surface area contributed by atoms with E-state index in [0.717, 1.165) is 37.4 Å². The molecule has 0 saturated carbocycles. The zero-order chi connectivity index (χ0) is 22.3. The van der Waals surface area contributed by atoms with E-state index in [9.17, 15) is 19.5 Å². The van der Waals surface area contributed by atoms with Gasteiger partial charge in [-0.05, 0) is 26.3 Å². The smallest absolute Gasteiger partial charge is 0.353 e. The first-order valence-corrected chi connectivity index (χ1v) is 11.9. The second-order valence-corrected chi connectivity index (χ2v) is 10.2. The van der Waals surface area contributed by atoms with E-state index in [1.807, 2.05) is 6.92 Å². The Labute approximate surface area is 186 Å². The van der Waals surface area contributed by atoms with Crippen molar-refractivity contribution in [2.45, 2.75) is 63.2 Å². The number of amides is 1. The van der Waals surface area contributed by atoms with Gasteiger partial charge in [0.15, 0.2) is 0 Å². The molecule has 3 saturated heterocycles. The molecule has 0 bridgehead atoms. The first-order chi connectivity index (χ1) is 14.8. The predicted molar refractivity (Wildman–Crippen MR) is 114 cm³/mol. The van der Waals surface area contributed by atoms with Gasteiger partial charge in [0.1, 0.15) is 11.8 Å². The zero-order valence-electron chi connectivity index (χ0n) is 18.1. The summed E-state index contributed by atoms with van der Waals surface area (Å²) in [5, 5.41) is 16.9. The molecule has 7 atom stereocenters. The third-order valence-corrected chi connectivity index (χ3v) is 8.18. The van der Waals surface area contributed by atoms with Gasteiger partial charge in [0.2, 0.25) is 5.91 Å². The Morgan fingerprint density at radius 1 is 1.35 bits per heavy atom. The number of nitrogens with zero attached hydrogens (tertiary/aromatic N) is 1. The summed E-state index contributed by atoms with van der Waals surface area (Å²) in [5.74, 6) is -2.42. The van der Waals surface area contributed by atoms with Crippen LogP contribution in [0.3, 0.4) is 0 Å². The van der Waals surface area contributed by atoms with E-state index < -0.39 is 24.0 Å². The molecule has 0 aromatic carbocycles. The lowest BCUT2D eigenvalue weighted by atomic mass is 9.79. The summed E-state index contributed by atoms with van der Waals surface area (Å²) >= 11 is 1.57. The Bertz CT molecular complexity index is 783. The highest BCUT2D eigenvalue weighted by Crippen LogP contribution is 2.52. The molecule has 4 heterocycles. The van der Waals surface area contributed by atoms with Gasteiger partial charge >= 0.3 is 11.9 Å². The lowest BCUT2D eigenvalue weighted by molar-refractivity contribution is -0.171. The average Bonchev–Trinajstić information content (AvgIpc) is 3.40. The lowest BCUT2D eigenvalue weighted by Gasteiger charge is -2.47. The largest absolute Gasteiger partial charge is 0.477 e. The number of carbonyl (C=O) groups excluding carboxylic acids is 2. The Hall–Kier alpha value is -1.62. The van der Waals surface area contributed by atoms with Crippen molar-refractivity contribution in [1.82, 2.24) is 15.5 Å². The van der Waals surface area contributed by atoms with Crippen LogP contribution in [-0.2, 0) is 23.9 Å². The SMILES string of the molecule is CC(=O)O[C@H](C)[C@H]1C(=O)N2C(C(=O)O)=C(S[C@@H]3CN[C@H](CO[C@@H]4CCNC4)C3)[C@H](C)[C@H]12. The number of carbonyl (C=O) groups is 3. The van der Waals surface area contributed by atoms with E-state index in [0.29, 0.717) is 6.61 Å². The number of rotatable bonds is 8. The Morgan fingerprint density at radius 2 is 2.13 bits per heavy atom. The summed E-state index contributed by atoms with van der Waals surface area (Å²) in [5.41, 5.74) is 0.0931. The fourth-order valence-electron chi connectivity index (χ4n) is 5.20. The molecule has 4 aliphatic heterocycles. The molecule has 172 valence electrons. The summed E-state index contributed by atoms with van der Waals surface area (Å²) in [4.78, 5) is 38.3. The van der Waals surface area contributed by atoms with Crippen molar-refractivity contribution in [1.29, 1.82) is 0 Å². The molecule has 4 aliphatic rings. The van der Waals surface area contributed by atoms with Crippen LogP contribution in [0, 0.1) is 11.8 Å². The first-order valence-electron chi connectivity index (χ1n) is 11.0. The molecule has 4 rings (SSSR count). The molecule has 9 nitrogen and oxygen atoms in total. The standard InChI is InChI=1S/C21H31N3O6S/c1-10-17-16(11(2)30-12(3)25)20(26)24(17)18(21(27)28)19(10)31-15-6-13(23-8-15)9-29-14-4-5-22-7-14/h10-11,13-17,22-23H,4-9H2,1-3H3,(H,27,28)/t10-,11-,13+,14-,15+,16-,17-/m1/s1. The summed E-state index contributed by atoms with van der Waals surface area (Å²) < 4.78 is 11.2. The van der Waals surface area contributed by atoms with Crippen LogP contribution in [0.2, 0.25) is 0 Å². The van der Waals surface area contributed by atoms with E-state index in [1.54, 1.807) is 18.7 Å². The minimum absolute atomic E-state index is 0.0931. The zero-order valence-corrected chi connectivity index (χ0v) is 18.9. The third-order valence-electron chi connectivity index (χ3n) is 6.67. The van der Waals surface area contributed by atoms with Gasteiger partial charge < -0.3 is 30.1 Å². The number of hydrogen-bond donors (Lipinski definition) is 3. The highest BCUT2D eigenvalue weighted by Gasteiger charge is 2.61. The number of hydrogen-bond acceptors (Lipinski definition) is 8. The predicted octanol–water partition coefficient (Wildman–Crippen LogP) is 0.553. The van der Waals surface area contributed by atoms with Gasteiger partial charge in [-0.1, -0.05) is 6.92 Å². The van der Waals surface area contributed by atoms with Crippen molar-refractivity contribution in [3.8, 4) is 0 Å². The van der Waals surface area contributed by atoms with Crippen molar-refractivity contribution in [2.24, 2.45) is 11.8 Å². The molecule has 10 heteroatoms. The maximum absolute atomic E-state index is 12.8. The van der Waals surface area contributed by atoms with Gasteiger partial charge in [-0.25, -0.2) is 4.79 Å². The fraction of sp³-hybridized carbons (Fsp3) is 0.762. The Balaban J connectivity index is 1.40. The summed E-state index contributed by atoms with van der Waals surface area (Å²) in [6, 6.07) is -0.0297. The summed E-state index contributed by atoms with van der Waals surface area (Å²) in [6.07, 6.45) is 1.62. The molecule has 0 aromatic rings. The highest BCUT2D eigenvalue weighted by molar-refractivity contribution is 8.03. The topological polar surface area (TPSA) is 117 Å². The molecular weight excluding hydrogens is 422 g/mol. The van der Waals surface area contributed by atoms with Gasteiger partial charge in [-0.2, -0.15) is 0 Å². The summed E-state index contributed by atoms with van der Waals surface area (Å²) in [7, 11) is 0. The van der Waals surface area contributed by atoms with Crippen LogP contribution >= 0.6 is 11.8 Å². The van der Waals surface area contributed by atoms with E-state index >= 15 is 0 Å². The molecule has 0 aliphatic carbocycles. The van der Waals surface area contributed by atoms with Crippen molar-refractivity contribution < 1.29 is 29.0 Å². The number of esters is 1. The minimum atomic E-state index is -1.08. The lowest BCUT2D eigenvalue weighted by Crippen LogP contribution is -2.64. The van der Waals surface area contributed by atoms with Crippen LogP contribution in [0.15, 0.2) is 10.6 Å². The van der Waals surface area contributed by atoms with E-state index in [1.165, 1.54) is 11.8 Å². The normalized spacial score (nSPS) is 35.8. The number of β-lactam (4-membered cyclic amide) rings is 1. The molecular formula is C21H31N3O6S. The summed E-state index contributed by atoms with van der Waals surface area (Å²) in [6.45, 7) is 8.30. The highest BCUT2D eigenvalue weighted by atomic mass is 32.2. The van der Waals surface area contributed by atoms with Crippen LogP contribution in [0.4, 0.5) is 0 Å². The van der Waals surface area contributed by atoms with Crippen LogP contribution in [0.1, 0.15) is 33.6 Å². The molecule has 1 amide bonds. The number of nitrogens with one attached hydrogen (secondary N) is 2. The van der Waals surface area contributed by atoms with Crippen LogP contribution in [0.25, 0.3) is 0 Å². The average molecular weight is 454 g/mol. The van der Waals surface area contributed by atoms with Crippen molar-refractivity contribution in [2.75, 3.05) is 26.2 Å². The molecule has 3 fully saturated rings. The molecule has 3 N–H and O–H groups in total.